The van der Waals surface area contributed by atoms with E-state index in [0.717, 1.165) is 0 Å². The van der Waals surface area contributed by atoms with Crippen molar-refractivity contribution in [3.05, 3.63) is 91.9 Å². The first-order valence-electron chi connectivity index (χ1n) is 8.94. The maximum absolute atomic E-state index is 12.5. The Labute approximate surface area is 198 Å². The fraction of sp³-hybridized carbons (Fsp3) is 0. The zero-order chi connectivity index (χ0) is 23.4. The second kappa shape index (κ2) is 9.75. The van der Waals surface area contributed by atoms with E-state index in [1.165, 1.54) is 60.7 Å². The van der Waals surface area contributed by atoms with Gasteiger partial charge in [0.05, 0.1) is 22.5 Å². The van der Waals surface area contributed by atoms with Gasteiger partial charge in [-0.25, -0.2) is 9.59 Å². The minimum absolute atomic E-state index is 0.0219. The van der Waals surface area contributed by atoms with E-state index < -0.39 is 23.8 Å². The fourth-order valence-corrected chi connectivity index (χ4v) is 3.36. The average molecular weight is 562 g/mol. The number of aromatic carboxylic acids is 2. The molecule has 0 saturated heterocycles. The summed E-state index contributed by atoms with van der Waals surface area (Å²) in [5.74, 6) is -3.22. The Hall–Kier alpha value is -3.50. The Bertz CT molecular complexity index is 1150. The van der Waals surface area contributed by atoms with Gasteiger partial charge in [0.1, 0.15) is 0 Å². The predicted molar refractivity (Wildman–Crippen MR) is 125 cm³/mol. The van der Waals surface area contributed by atoms with Gasteiger partial charge in [-0.2, -0.15) is 0 Å². The van der Waals surface area contributed by atoms with Gasteiger partial charge in [0.15, 0.2) is 0 Å². The van der Waals surface area contributed by atoms with Crippen molar-refractivity contribution in [2.24, 2.45) is 0 Å². The third-order valence-corrected chi connectivity index (χ3v) is 5.72. The van der Waals surface area contributed by atoms with Gasteiger partial charge in [-0.1, -0.05) is 0 Å². The standard InChI is InChI=1S/C22H14Br2N2O6/c23-15-7-5-13(21(29)30)9-17(15)25-19(27)11-1-2-12(4-3-11)20(28)26-18-10-14(22(31)32)6-8-16(18)24/h1-10H,(H,25,27)(H,26,28)(H,29,30)(H,31,32). The summed E-state index contributed by atoms with van der Waals surface area (Å²) in [5.41, 5.74) is 1.13. The van der Waals surface area contributed by atoms with Crippen LogP contribution in [0.25, 0.3) is 0 Å². The van der Waals surface area contributed by atoms with Gasteiger partial charge in [0.2, 0.25) is 0 Å². The number of carbonyl (C=O) groups is 4. The number of carbonyl (C=O) groups excluding carboxylic acids is 2. The van der Waals surface area contributed by atoms with Gasteiger partial charge >= 0.3 is 11.9 Å². The Morgan fingerprint density at radius 2 is 0.875 bits per heavy atom. The summed E-state index contributed by atoms with van der Waals surface area (Å²) in [4.78, 5) is 47.3. The molecule has 0 aromatic heterocycles. The van der Waals surface area contributed by atoms with Crippen molar-refractivity contribution in [1.29, 1.82) is 0 Å². The van der Waals surface area contributed by atoms with Crippen molar-refractivity contribution in [2.45, 2.75) is 0 Å². The zero-order valence-electron chi connectivity index (χ0n) is 16.1. The highest BCUT2D eigenvalue weighted by Gasteiger charge is 2.14. The van der Waals surface area contributed by atoms with Gasteiger partial charge in [-0.05, 0) is 92.5 Å². The lowest BCUT2D eigenvalue weighted by Gasteiger charge is -2.10. The summed E-state index contributed by atoms with van der Waals surface area (Å²) in [5, 5.41) is 23.4. The van der Waals surface area contributed by atoms with Crippen LogP contribution in [-0.4, -0.2) is 34.0 Å². The smallest absolute Gasteiger partial charge is 0.335 e. The Kier molecular flexibility index (Phi) is 7.06. The van der Waals surface area contributed by atoms with Crippen molar-refractivity contribution in [1.82, 2.24) is 0 Å². The fourth-order valence-electron chi connectivity index (χ4n) is 2.67. The molecule has 0 aliphatic carbocycles. The molecule has 0 spiro atoms. The van der Waals surface area contributed by atoms with Crippen LogP contribution in [0.1, 0.15) is 41.4 Å². The lowest BCUT2D eigenvalue weighted by molar-refractivity contribution is 0.0686. The number of benzene rings is 3. The number of carboxylic acids is 2. The first-order chi connectivity index (χ1) is 15.2. The van der Waals surface area contributed by atoms with Gasteiger partial charge < -0.3 is 20.8 Å². The van der Waals surface area contributed by atoms with Crippen LogP contribution in [0.5, 0.6) is 0 Å². The van der Waals surface area contributed by atoms with Crippen LogP contribution in [0.2, 0.25) is 0 Å². The predicted octanol–water partition coefficient (Wildman–Crippen LogP) is 5.11. The molecule has 32 heavy (non-hydrogen) atoms. The Balaban J connectivity index is 1.74. The van der Waals surface area contributed by atoms with Crippen molar-refractivity contribution in [2.75, 3.05) is 10.6 Å². The van der Waals surface area contributed by atoms with Crippen LogP contribution in [0.3, 0.4) is 0 Å². The van der Waals surface area contributed by atoms with Crippen LogP contribution in [-0.2, 0) is 0 Å². The quantitative estimate of drug-likeness (QED) is 0.330. The zero-order valence-corrected chi connectivity index (χ0v) is 19.2. The SMILES string of the molecule is O=C(O)c1ccc(Br)c(NC(=O)c2ccc(C(=O)Nc3cc(C(=O)O)ccc3Br)cc2)c1. The van der Waals surface area contributed by atoms with Gasteiger partial charge in [0.25, 0.3) is 11.8 Å². The number of anilines is 2. The molecule has 0 aliphatic rings. The van der Waals surface area contributed by atoms with Crippen molar-refractivity contribution in [3.8, 4) is 0 Å². The third-order valence-electron chi connectivity index (χ3n) is 4.33. The third kappa shape index (κ3) is 5.40. The molecule has 10 heteroatoms. The van der Waals surface area contributed by atoms with E-state index in [9.17, 15) is 19.2 Å². The van der Waals surface area contributed by atoms with E-state index in [1.54, 1.807) is 0 Å². The Morgan fingerprint density at radius 1 is 0.562 bits per heavy atom. The van der Waals surface area contributed by atoms with Gasteiger partial charge in [0, 0.05) is 20.1 Å². The molecule has 0 atom stereocenters. The molecule has 0 unspecified atom stereocenters. The molecule has 2 amide bonds. The normalized spacial score (nSPS) is 10.3. The maximum atomic E-state index is 12.5. The molecule has 0 saturated carbocycles. The molecule has 0 aliphatic heterocycles. The van der Waals surface area contributed by atoms with Crippen molar-refractivity contribution >= 4 is 67.0 Å². The van der Waals surface area contributed by atoms with E-state index in [4.69, 9.17) is 10.2 Å². The number of carboxylic acid groups (broad SMARTS) is 2. The second-order valence-electron chi connectivity index (χ2n) is 6.49. The first-order valence-corrected chi connectivity index (χ1v) is 10.5. The molecule has 3 aromatic rings. The molecule has 0 heterocycles. The summed E-state index contributed by atoms with van der Waals surface area (Å²) in [7, 11) is 0. The minimum Gasteiger partial charge on any atom is -0.478 e. The van der Waals surface area contributed by atoms with Crippen LogP contribution in [0.4, 0.5) is 11.4 Å². The highest BCUT2D eigenvalue weighted by atomic mass is 79.9. The molecular weight excluding hydrogens is 548 g/mol. The molecule has 0 radical (unpaired) electrons. The number of hydrogen-bond donors (Lipinski definition) is 4. The number of rotatable bonds is 6. The lowest BCUT2D eigenvalue weighted by atomic mass is 10.1. The van der Waals surface area contributed by atoms with Crippen LogP contribution in [0.15, 0.2) is 69.6 Å². The van der Waals surface area contributed by atoms with E-state index >= 15 is 0 Å². The molecule has 0 fully saturated rings. The first kappa shape index (κ1) is 23.2. The molecule has 4 N–H and O–H groups in total. The molecule has 162 valence electrons. The van der Waals surface area contributed by atoms with E-state index in [-0.39, 0.29) is 22.3 Å². The minimum atomic E-state index is -1.12. The second-order valence-corrected chi connectivity index (χ2v) is 8.19. The van der Waals surface area contributed by atoms with Crippen molar-refractivity contribution in [3.63, 3.8) is 0 Å². The number of hydrogen-bond acceptors (Lipinski definition) is 4. The molecule has 3 rings (SSSR count). The van der Waals surface area contributed by atoms with Crippen molar-refractivity contribution < 1.29 is 29.4 Å². The summed E-state index contributed by atoms with van der Waals surface area (Å²) < 4.78 is 1.03. The summed E-state index contributed by atoms with van der Waals surface area (Å²) in [6.45, 7) is 0. The topological polar surface area (TPSA) is 133 Å². The molecule has 8 nitrogen and oxygen atoms in total. The summed E-state index contributed by atoms with van der Waals surface area (Å²) in [6, 6.07) is 14.3. The van der Waals surface area contributed by atoms with Gasteiger partial charge in [-0.3, -0.25) is 9.59 Å². The van der Waals surface area contributed by atoms with E-state index in [1.807, 2.05) is 0 Å². The number of halogens is 2. The maximum Gasteiger partial charge on any atom is 0.335 e. The summed E-state index contributed by atoms with van der Waals surface area (Å²) in [6.07, 6.45) is 0. The monoisotopic (exact) mass is 560 g/mol. The largest absolute Gasteiger partial charge is 0.478 e. The molecule has 0 bridgehead atoms. The lowest BCUT2D eigenvalue weighted by Crippen LogP contribution is -2.15. The Morgan fingerprint density at radius 3 is 1.19 bits per heavy atom. The highest BCUT2D eigenvalue weighted by Crippen LogP contribution is 2.26. The van der Waals surface area contributed by atoms with Crippen LogP contribution in [0, 0.1) is 0 Å². The molecular formula is C22H14Br2N2O6. The molecule has 3 aromatic carbocycles. The summed E-state index contributed by atoms with van der Waals surface area (Å²) >= 11 is 6.52. The van der Waals surface area contributed by atoms with Crippen LogP contribution >= 0.6 is 31.9 Å². The highest BCUT2D eigenvalue weighted by molar-refractivity contribution is 9.11. The van der Waals surface area contributed by atoms with Crippen LogP contribution < -0.4 is 10.6 Å². The van der Waals surface area contributed by atoms with Gasteiger partial charge in [-0.15, -0.1) is 0 Å². The number of nitrogens with one attached hydrogen (secondary N) is 2. The van der Waals surface area contributed by atoms with E-state index in [0.29, 0.717) is 20.3 Å². The van der Waals surface area contributed by atoms with E-state index in [2.05, 4.69) is 42.5 Å². The number of amides is 2. The average Bonchev–Trinajstić information content (AvgIpc) is 2.76.